The summed E-state index contributed by atoms with van der Waals surface area (Å²) in [4.78, 5) is 11.9. The Kier molecular flexibility index (Phi) is 4.07. The number of hydrogen-bond acceptors (Lipinski definition) is 2. The molecule has 0 spiro atoms. The molecule has 0 aromatic heterocycles. The first-order valence-corrected chi connectivity index (χ1v) is 6.59. The fourth-order valence-corrected chi connectivity index (χ4v) is 2.38. The fraction of sp³-hybridized carbons (Fsp3) is 0.500. The van der Waals surface area contributed by atoms with Gasteiger partial charge in [0.05, 0.1) is 0 Å². The number of hydrogen-bond donors (Lipinski definition) is 3. The van der Waals surface area contributed by atoms with Crippen LogP contribution < -0.4 is 16.4 Å². The van der Waals surface area contributed by atoms with Crippen LogP contribution in [-0.4, -0.2) is 12.1 Å². The minimum atomic E-state index is -0.129. The summed E-state index contributed by atoms with van der Waals surface area (Å²) in [6.45, 7) is 1.91. The number of rotatable bonds is 2. The molecule has 1 aliphatic rings. The maximum Gasteiger partial charge on any atom is 0.319 e. The minimum Gasteiger partial charge on any atom is -0.398 e. The fourth-order valence-electron chi connectivity index (χ4n) is 2.38. The summed E-state index contributed by atoms with van der Waals surface area (Å²) in [6.07, 6.45) is 5.88. The predicted molar refractivity (Wildman–Crippen MR) is 74.6 cm³/mol. The van der Waals surface area contributed by atoms with Crippen LogP contribution in [0, 0.1) is 6.92 Å². The van der Waals surface area contributed by atoms with Gasteiger partial charge in [0.2, 0.25) is 0 Å². The van der Waals surface area contributed by atoms with Crippen molar-refractivity contribution >= 4 is 17.4 Å². The Hall–Kier alpha value is -1.71. The second kappa shape index (κ2) is 5.76. The number of benzene rings is 1. The molecule has 2 rings (SSSR count). The number of anilines is 2. The summed E-state index contributed by atoms with van der Waals surface area (Å²) in [7, 11) is 0. The van der Waals surface area contributed by atoms with Gasteiger partial charge in [-0.3, -0.25) is 0 Å². The molecule has 0 unspecified atom stereocenters. The molecular weight excluding hydrogens is 226 g/mol. The minimum absolute atomic E-state index is 0.129. The Balaban J connectivity index is 1.92. The number of carbonyl (C=O) groups excluding carboxylic acids is 1. The van der Waals surface area contributed by atoms with Crippen LogP contribution in [0.4, 0.5) is 16.2 Å². The number of urea groups is 1. The van der Waals surface area contributed by atoms with Crippen molar-refractivity contribution in [3.05, 3.63) is 23.8 Å². The molecular formula is C14H21N3O. The van der Waals surface area contributed by atoms with Gasteiger partial charge in [-0.1, -0.05) is 25.3 Å². The van der Waals surface area contributed by atoms with Crippen molar-refractivity contribution in [2.24, 2.45) is 0 Å². The summed E-state index contributed by atoms with van der Waals surface area (Å²) in [5.74, 6) is 0. The molecule has 18 heavy (non-hydrogen) atoms. The Morgan fingerprint density at radius 3 is 2.72 bits per heavy atom. The van der Waals surface area contributed by atoms with Crippen LogP contribution in [-0.2, 0) is 0 Å². The molecule has 0 aliphatic heterocycles. The number of carbonyl (C=O) groups is 1. The largest absolute Gasteiger partial charge is 0.398 e. The lowest BCUT2D eigenvalue weighted by molar-refractivity contribution is 0.244. The van der Waals surface area contributed by atoms with Gasteiger partial charge in [-0.2, -0.15) is 0 Å². The normalized spacial score (nSPS) is 16.3. The number of nitrogen functional groups attached to an aromatic ring is 1. The van der Waals surface area contributed by atoms with Crippen LogP contribution in [0.3, 0.4) is 0 Å². The van der Waals surface area contributed by atoms with Crippen LogP contribution in [0.1, 0.15) is 37.7 Å². The lowest BCUT2D eigenvalue weighted by atomic mass is 9.96. The van der Waals surface area contributed by atoms with E-state index in [9.17, 15) is 4.79 Å². The number of amides is 2. The zero-order chi connectivity index (χ0) is 13.0. The predicted octanol–water partition coefficient (Wildman–Crippen LogP) is 3.03. The van der Waals surface area contributed by atoms with Crippen LogP contribution in [0.15, 0.2) is 18.2 Å². The van der Waals surface area contributed by atoms with E-state index < -0.39 is 0 Å². The highest BCUT2D eigenvalue weighted by Crippen LogP contribution is 2.21. The van der Waals surface area contributed by atoms with Crippen molar-refractivity contribution in [3.63, 3.8) is 0 Å². The molecule has 1 saturated carbocycles. The van der Waals surface area contributed by atoms with Crippen molar-refractivity contribution in [3.8, 4) is 0 Å². The van der Waals surface area contributed by atoms with Gasteiger partial charge >= 0.3 is 6.03 Å². The van der Waals surface area contributed by atoms with Gasteiger partial charge in [-0.25, -0.2) is 4.79 Å². The van der Waals surface area contributed by atoms with Gasteiger partial charge in [0.25, 0.3) is 0 Å². The average molecular weight is 247 g/mol. The van der Waals surface area contributed by atoms with E-state index in [1.807, 2.05) is 25.1 Å². The van der Waals surface area contributed by atoms with Crippen molar-refractivity contribution in [1.29, 1.82) is 0 Å². The van der Waals surface area contributed by atoms with E-state index in [-0.39, 0.29) is 6.03 Å². The monoisotopic (exact) mass is 247 g/mol. The summed E-state index contributed by atoms with van der Waals surface area (Å²) in [5, 5.41) is 5.89. The van der Waals surface area contributed by atoms with Gasteiger partial charge in [-0.15, -0.1) is 0 Å². The number of nitrogens with two attached hydrogens (primary N) is 1. The smallest absolute Gasteiger partial charge is 0.319 e. The van der Waals surface area contributed by atoms with Crippen molar-refractivity contribution in [2.45, 2.75) is 45.1 Å². The van der Waals surface area contributed by atoms with Crippen LogP contribution in [0.2, 0.25) is 0 Å². The highest BCUT2D eigenvalue weighted by molar-refractivity contribution is 5.91. The van der Waals surface area contributed by atoms with Crippen LogP contribution in [0.5, 0.6) is 0 Å². The molecule has 2 amide bonds. The molecule has 1 aliphatic carbocycles. The highest BCUT2D eigenvalue weighted by Gasteiger charge is 2.15. The highest BCUT2D eigenvalue weighted by atomic mass is 16.2. The molecule has 0 radical (unpaired) electrons. The molecule has 4 nitrogen and oxygen atoms in total. The lowest BCUT2D eigenvalue weighted by Gasteiger charge is -2.23. The van der Waals surface area contributed by atoms with Crippen molar-refractivity contribution in [2.75, 3.05) is 11.1 Å². The Labute approximate surface area is 108 Å². The van der Waals surface area contributed by atoms with Crippen molar-refractivity contribution in [1.82, 2.24) is 5.32 Å². The average Bonchev–Trinajstić information content (AvgIpc) is 2.36. The molecule has 0 heterocycles. The number of nitrogens with one attached hydrogen (secondary N) is 2. The Morgan fingerprint density at radius 2 is 2.00 bits per heavy atom. The molecule has 98 valence electrons. The van der Waals surface area contributed by atoms with Gasteiger partial charge in [-0.05, 0) is 37.5 Å². The molecule has 0 saturated heterocycles. The third kappa shape index (κ3) is 3.15. The molecule has 4 heteroatoms. The van der Waals surface area contributed by atoms with E-state index in [1.54, 1.807) is 0 Å². The topological polar surface area (TPSA) is 67.1 Å². The summed E-state index contributed by atoms with van der Waals surface area (Å²) >= 11 is 0. The summed E-state index contributed by atoms with van der Waals surface area (Å²) in [5.41, 5.74) is 8.20. The van der Waals surface area contributed by atoms with Gasteiger partial charge in [0.15, 0.2) is 0 Å². The lowest BCUT2D eigenvalue weighted by Crippen LogP contribution is -2.39. The maximum absolute atomic E-state index is 11.9. The zero-order valence-corrected chi connectivity index (χ0v) is 10.8. The summed E-state index contributed by atoms with van der Waals surface area (Å²) < 4.78 is 0. The van der Waals surface area contributed by atoms with E-state index in [0.29, 0.717) is 11.7 Å². The Bertz CT molecular complexity index is 425. The van der Waals surface area contributed by atoms with Crippen LogP contribution >= 0.6 is 0 Å². The second-order valence-electron chi connectivity index (χ2n) is 4.95. The van der Waals surface area contributed by atoms with E-state index >= 15 is 0 Å². The zero-order valence-electron chi connectivity index (χ0n) is 10.8. The first-order valence-electron chi connectivity index (χ1n) is 6.59. The van der Waals surface area contributed by atoms with E-state index in [4.69, 9.17) is 5.73 Å². The molecule has 1 fully saturated rings. The first kappa shape index (κ1) is 12.7. The molecule has 0 atom stereocenters. The standard InChI is InChI=1S/C14H21N3O/c1-10-12(15)8-5-9-13(10)17-14(18)16-11-6-3-2-4-7-11/h5,8-9,11H,2-4,6-7,15H2,1H3,(H2,16,17,18). The Morgan fingerprint density at radius 1 is 1.28 bits per heavy atom. The molecule has 4 N–H and O–H groups in total. The second-order valence-corrected chi connectivity index (χ2v) is 4.95. The molecule has 0 bridgehead atoms. The third-order valence-electron chi connectivity index (χ3n) is 3.56. The van der Waals surface area contributed by atoms with Crippen LogP contribution in [0.25, 0.3) is 0 Å². The van der Waals surface area contributed by atoms with E-state index in [1.165, 1.54) is 19.3 Å². The van der Waals surface area contributed by atoms with Gasteiger partial charge in [0.1, 0.15) is 0 Å². The van der Waals surface area contributed by atoms with Crippen molar-refractivity contribution < 1.29 is 4.79 Å². The maximum atomic E-state index is 11.9. The van der Waals surface area contributed by atoms with Gasteiger partial charge < -0.3 is 16.4 Å². The third-order valence-corrected chi connectivity index (χ3v) is 3.56. The quantitative estimate of drug-likeness (QED) is 0.703. The van der Waals surface area contributed by atoms with E-state index in [2.05, 4.69) is 10.6 Å². The first-order chi connectivity index (χ1) is 8.66. The molecule has 1 aromatic carbocycles. The van der Waals surface area contributed by atoms with E-state index in [0.717, 1.165) is 24.1 Å². The molecule has 1 aromatic rings. The summed E-state index contributed by atoms with van der Waals surface area (Å²) in [6, 6.07) is 5.74. The SMILES string of the molecule is Cc1c(N)cccc1NC(=O)NC1CCCCC1. The van der Waals surface area contributed by atoms with Gasteiger partial charge in [0, 0.05) is 17.4 Å².